The van der Waals surface area contributed by atoms with E-state index in [-0.39, 0.29) is 0 Å². The molecule has 4 heteroatoms. The average molecular weight is 266 g/mol. The Morgan fingerprint density at radius 3 is 2.95 bits per heavy atom. The van der Waals surface area contributed by atoms with Gasteiger partial charge in [-0.05, 0) is 37.5 Å². The normalized spacial score (nSPS) is 17.9. The van der Waals surface area contributed by atoms with Crippen LogP contribution in [0.2, 0.25) is 0 Å². The van der Waals surface area contributed by atoms with Gasteiger partial charge in [-0.1, -0.05) is 0 Å². The van der Waals surface area contributed by atoms with Crippen LogP contribution in [0.3, 0.4) is 0 Å². The van der Waals surface area contributed by atoms with Gasteiger partial charge in [0.25, 0.3) is 0 Å². The molecule has 1 saturated carbocycles. The molecular weight excluding hydrogens is 248 g/mol. The fourth-order valence-electron chi connectivity index (χ4n) is 2.84. The number of pyridine rings is 1. The lowest BCUT2D eigenvalue weighted by Gasteiger charge is -2.20. The van der Waals surface area contributed by atoms with E-state index < -0.39 is 0 Å². The monoisotopic (exact) mass is 266 g/mol. The highest BCUT2D eigenvalue weighted by molar-refractivity contribution is 5.52. The quantitative estimate of drug-likeness (QED) is 0.906. The van der Waals surface area contributed by atoms with E-state index in [4.69, 9.17) is 9.97 Å². The molecule has 2 aliphatic rings. The number of rotatable bonds is 2. The Hall–Kier alpha value is -1.81. The van der Waals surface area contributed by atoms with E-state index in [2.05, 4.69) is 23.3 Å². The number of aromatic nitrogens is 3. The molecule has 0 atom stereocenters. The molecule has 4 nitrogen and oxygen atoms in total. The Labute approximate surface area is 118 Å². The second kappa shape index (κ2) is 4.63. The van der Waals surface area contributed by atoms with Crippen molar-refractivity contribution >= 4 is 0 Å². The topological polar surface area (TPSA) is 50.7 Å². The summed E-state index contributed by atoms with van der Waals surface area (Å²) in [6.07, 6.45) is 5.37. The Morgan fingerprint density at radius 1 is 1.25 bits per heavy atom. The summed E-state index contributed by atoms with van der Waals surface area (Å²) in [4.78, 5) is 14.1. The Morgan fingerprint density at radius 2 is 2.15 bits per heavy atom. The van der Waals surface area contributed by atoms with E-state index in [0.717, 1.165) is 31.0 Å². The summed E-state index contributed by atoms with van der Waals surface area (Å²) < 4.78 is 0. The van der Waals surface area contributed by atoms with Crippen LogP contribution in [0.5, 0.6) is 0 Å². The molecule has 0 unspecified atom stereocenters. The summed E-state index contributed by atoms with van der Waals surface area (Å²) in [6.45, 7) is 4.01. The van der Waals surface area contributed by atoms with Gasteiger partial charge in [-0.15, -0.1) is 0 Å². The van der Waals surface area contributed by atoms with Gasteiger partial charge in [0.15, 0.2) is 5.82 Å². The molecule has 1 aliphatic heterocycles. The lowest BCUT2D eigenvalue weighted by molar-refractivity contribution is 0.617. The molecule has 2 aromatic rings. The van der Waals surface area contributed by atoms with Crippen LogP contribution >= 0.6 is 0 Å². The van der Waals surface area contributed by atoms with Gasteiger partial charge in [0.1, 0.15) is 5.69 Å². The molecule has 1 N–H and O–H groups in total. The van der Waals surface area contributed by atoms with E-state index in [9.17, 15) is 0 Å². The maximum atomic E-state index is 4.85. The molecule has 0 aromatic carbocycles. The first-order valence-corrected chi connectivity index (χ1v) is 7.34. The van der Waals surface area contributed by atoms with Crippen molar-refractivity contribution in [3.05, 3.63) is 40.8 Å². The third kappa shape index (κ3) is 2.10. The summed E-state index contributed by atoms with van der Waals surface area (Å²) in [5, 5.41) is 3.44. The first-order chi connectivity index (χ1) is 9.81. The van der Waals surface area contributed by atoms with Crippen molar-refractivity contribution in [2.24, 2.45) is 0 Å². The average Bonchev–Trinajstić information content (AvgIpc) is 3.31. The van der Waals surface area contributed by atoms with E-state index in [1.54, 1.807) is 0 Å². The van der Waals surface area contributed by atoms with E-state index in [1.807, 2.05) is 12.3 Å². The minimum absolute atomic E-state index is 0.648. The molecule has 1 fully saturated rings. The Bertz CT molecular complexity index is 662. The number of hydrogen-bond donors (Lipinski definition) is 1. The summed E-state index contributed by atoms with van der Waals surface area (Å²) in [6, 6.07) is 4.08. The van der Waals surface area contributed by atoms with Crippen molar-refractivity contribution in [3.63, 3.8) is 0 Å². The molecule has 102 valence electrons. The smallest absolute Gasteiger partial charge is 0.178 e. The van der Waals surface area contributed by atoms with E-state index in [1.165, 1.54) is 35.4 Å². The Balaban J connectivity index is 1.86. The van der Waals surface area contributed by atoms with Crippen LogP contribution < -0.4 is 5.32 Å². The maximum Gasteiger partial charge on any atom is 0.178 e. The van der Waals surface area contributed by atoms with Gasteiger partial charge in [0, 0.05) is 37.2 Å². The summed E-state index contributed by atoms with van der Waals surface area (Å²) in [5.41, 5.74) is 5.92. The molecule has 0 bridgehead atoms. The van der Waals surface area contributed by atoms with Crippen LogP contribution in [0.4, 0.5) is 0 Å². The van der Waals surface area contributed by atoms with Gasteiger partial charge in [-0.3, -0.25) is 4.98 Å². The predicted molar refractivity (Wildman–Crippen MR) is 77.4 cm³/mol. The zero-order valence-corrected chi connectivity index (χ0v) is 11.7. The summed E-state index contributed by atoms with van der Waals surface area (Å²) in [7, 11) is 0. The minimum Gasteiger partial charge on any atom is -0.312 e. The third-order valence-corrected chi connectivity index (χ3v) is 4.07. The van der Waals surface area contributed by atoms with Crippen LogP contribution in [0.15, 0.2) is 18.3 Å². The molecule has 0 spiro atoms. The van der Waals surface area contributed by atoms with Crippen LogP contribution in [0.25, 0.3) is 11.5 Å². The highest BCUT2D eigenvalue weighted by Gasteiger charge is 2.30. The van der Waals surface area contributed by atoms with Gasteiger partial charge in [0.2, 0.25) is 0 Å². The molecule has 0 radical (unpaired) electrons. The van der Waals surface area contributed by atoms with Gasteiger partial charge >= 0.3 is 0 Å². The molecule has 2 aromatic heterocycles. The lowest BCUT2D eigenvalue weighted by atomic mass is 10.0. The van der Waals surface area contributed by atoms with Crippen molar-refractivity contribution in [2.75, 3.05) is 6.54 Å². The third-order valence-electron chi connectivity index (χ3n) is 4.07. The second-order valence-corrected chi connectivity index (χ2v) is 5.78. The number of nitrogens with zero attached hydrogens (tertiary/aromatic N) is 3. The van der Waals surface area contributed by atoms with Crippen molar-refractivity contribution < 1.29 is 0 Å². The van der Waals surface area contributed by atoms with E-state index >= 15 is 0 Å². The van der Waals surface area contributed by atoms with Crippen LogP contribution in [0, 0.1) is 6.92 Å². The van der Waals surface area contributed by atoms with Gasteiger partial charge in [-0.2, -0.15) is 0 Å². The maximum absolute atomic E-state index is 4.85. The molecule has 3 heterocycles. The van der Waals surface area contributed by atoms with Crippen molar-refractivity contribution in [1.82, 2.24) is 20.3 Å². The molecule has 20 heavy (non-hydrogen) atoms. The first kappa shape index (κ1) is 12.0. The standard InChI is InChI=1S/C16H18N4/c1-10-4-7-18-14(8-10)16-19-13-5-6-17-9-12(13)15(20-16)11-2-3-11/h4,7-8,11,17H,2-3,5-6,9H2,1H3. The van der Waals surface area contributed by atoms with Gasteiger partial charge < -0.3 is 5.32 Å². The summed E-state index contributed by atoms with van der Waals surface area (Å²) >= 11 is 0. The van der Waals surface area contributed by atoms with Crippen molar-refractivity contribution in [2.45, 2.75) is 38.6 Å². The molecule has 0 amide bonds. The second-order valence-electron chi connectivity index (χ2n) is 5.78. The fourth-order valence-corrected chi connectivity index (χ4v) is 2.84. The SMILES string of the molecule is Cc1ccnc(-c2nc3c(c(C4CC4)n2)CNCC3)c1. The fraction of sp³-hybridized carbons (Fsp3) is 0.438. The zero-order valence-electron chi connectivity index (χ0n) is 11.7. The largest absolute Gasteiger partial charge is 0.312 e. The molecule has 0 saturated heterocycles. The predicted octanol–water partition coefficient (Wildman–Crippen LogP) is 2.37. The minimum atomic E-state index is 0.648. The number of hydrogen-bond acceptors (Lipinski definition) is 4. The number of aryl methyl sites for hydroxylation is 1. The van der Waals surface area contributed by atoms with Crippen LogP contribution in [-0.2, 0) is 13.0 Å². The number of fused-ring (bicyclic) bond motifs is 1. The van der Waals surface area contributed by atoms with Crippen molar-refractivity contribution in [1.29, 1.82) is 0 Å². The van der Waals surface area contributed by atoms with Gasteiger partial charge in [-0.25, -0.2) is 9.97 Å². The highest BCUT2D eigenvalue weighted by atomic mass is 15.0. The molecule has 1 aliphatic carbocycles. The van der Waals surface area contributed by atoms with Gasteiger partial charge in [0.05, 0.1) is 11.4 Å². The van der Waals surface area contributed by atoms with Crippen molar-refractivity contribution in [3.8, 4) is 11.5 Å². The van der Waals surface area contributed by atoms with E-state index in [0.29, 0.717) is 5.92 Å². The number of nitrogens with one attached hydrogen (secondary N) is 1. The Kier molecular flexibility index (Phi) is 2.77. The first-order valence-electron chi connectivity index (χ1n) is 7.34. The van der Waals surface area contributed by atoms with Crippen LogP contribution in [0.1, 0.15) is 41.3 Å². The van der Waals surface area contributed by atoms with Crippen LogP contribution in [-0.4, -0.2) is 21.5 Å². The highest BCUT2D eigenvalue weighted by Crippen LogP contribution is 2.42. The lowest BCUT2D eigenvalue weighted by Crippen LogP contribution is -2.26. The molecule has 4 rings (SSSR count). The summed E-state index contributed by atoms with van der Waals surface area (Å²) in [5.74, 6) is 1.45. The molecular formula is C16H18N4. The zero-order chi connectivity index (χ0) is 13.5.